The number of carbonyl (C=O) groups is 1. The molecular formula is C12H15Cl2NO3. The Hall–Kier alpha value is -0.970. The fourth-order valence-electron chi connectivity index (χ4n) is 1.34. The lowest BCUT2D eigenvalue weighted by atomic mass is 10.2. The van der Waals surface area contributed by atoms with E-state index < -0.39 is 0 Å². The molecule has 6 heteroatoms. The van der Waals surface area contributed by atoms with E-state index in [-0.39, 0.29) is 17.2 Å². The average Bonchev–Trinajstić information content (AvgIpc) is 2.36. The van der Waals surface area contributed by atoms with Crippen LogP contribution in [-0.4, -0.2) is 48.6 Å². The monoisotopic (exact) mass is 291 g/mol. The van der Waals surface area contributed by atoms with Crippen molar-refractivity contribution in [2.75, 3.05) is 32.7 Å². The number of halogens is 2. The van der Waals surface area contributed by atoms with Gasteiger partial charge in [-0.3, -0.25) is 4.79 Å². The lowest BCUT2D eigenvalue weighted by molar-refractivity contribution is 0.0711. The molecule has 1 amide bonds. The zero-order chi connectivity index (χ0) is 13.5. The van der Waals surface area contributed by atoms with Gasteiger partial charge in [-0.2, -0.15) is 0 Å². The summed E-state index contributed by atoms with van der Waals surface area (Å²) in [7, 11) is 1.65. The molecule has 4 nitrogen and oxygen atoms in total. The van der Waals surface area contributed by atoms with Crippen LogP contribution in [0.4, 0.5) is 0 Å². The molecule has 0 unspecified atom stereocenters. The van der Waals surface area contributed by atoms with Crippen LogP contribution in [0.3, 0.4) is 0 Å². The van der Waals surface area contributed by atoms with Gasteiger partial charge >= 0.3 is 0 Å². The van der Waals surface area contributed by atoms with E-state index >= 15 is 0 Å². The molecule has 0 aliphatic heterocycles. The van der Waals surface area contributed by atoms with Crippen molar-refractivity contribution in [3.63, 3.8) is 0 Å². The summed E-state index contributed by atoms with van der Waals surface area (Å²) in [6.45, 7) is 1.30. The summed E-state index contributed by atoms with van der Waals surface area (Å²) in [6.07, 6.45) is 0. The van der Waals surface area contributed by atoms with Gasteiger partial charge in [0.25, 0.3) is 5.91 Å². The highest BCUT2D eigenvalue weighted by molar-refractivity contribution is 6.33. The molecule has 1 rings (SSSR count). The summed E-state index contributed by atoms with van der Waals surface area (Å²) in [4.78, 5) is 13.5. The maximum Gasteiger partial charge on any atom is 0.255 e. The van der Waals surface area contributed by atoms with Crippen molar-refractivity contribution in [2.45, 2.75) is 0 Å². The third-order valence-electron chi connectivity index (χ3n) is 2.32. The molecule has 100 valence electrons. The summed E-state index contributed by atoms with van der Waals surface area (Å²) >= 11 is 11.4. The van der Waals surface area contributed by atoms with Crippen LogP contribution >= 0.6 is 23.2 Å². The van der Waals surface area contributed by atoms with Gasteiger partial charge in [-0.1, -0.05) is 11.6 Å². The highest BCUT2D eigenvalue weighted by atomic mass is 35.5. The minimum Gasteiger partial charge on any atom is -0.508 e. The molecule has 1 N–H and O–H groups in total. The molecule has 0 saturated heterocycles. The van der Waals surface area contributed by atoms with Crippen molar-refractivity contribution >= 4 is 29.1 Å². The second kappa shape index (κ2) is 7.46. The zero-order valence-electron chi connectivity index (χ0n) is 10.0. The van der Waals surface area contributed by atoms with Crippen molar-refractivity contribution in [1.29, 1.82) is 0 Å². The van der Waals surface area contributed by atoms with Crippen LogP contribution in [0.2, 0.25) is 5.02 Å². The summed E-state index contributed by atoms with van der Waals surface area (Å²) in [5, 5.41) is 9.66. The molecule has 0 saturated carbocycles. The van der Waals surface area contributed by atoms with Crippen LogP contribution in [0, 0.1) is 0 Å². The molecule has 0 radical (unpaired) electrons. The van der Waals surface area contributed by atoms with E-state index in [0.29, 0.717) is 30.7 Å². The maximum absolute atomic E-state index is 12.0. The highest BCUT2D eigenvalue weighted by Crippen LogP contribution is 2.22. The van der Waals surface area contributed by atoms with Crippen LogP contribution < -0.4 is 0 Å². The second-order valence-electron chi connectivity index (χ2n) is 3.69. The van der Waals surface area contributed by atoms with Crippen LogP contribution in [0.1, 0.15) is 10.4 Å². The smallest absolute Gasteiger partial charge is 0.255 e. The quantitative estimate of drug-likeness (QED) is 0.647. The van der Waals surface area contributed by atoms with Gasteiger partial charge in [0.1, 0.15) is 5.75 Å². The number of aromatic hydroxyl groups is 1. The number of hydrogen-bond donors (Lipinski definition) is 1. The predicted octanol–water partition coefficient (Wildman–Crippen LogP) is 2.37. The minimum atomic E-state index is -0.259. The molecule has 0 aromatic heterocycles. The first-order valence-corrected chi connectivity index (χ1v) is 6.35. The molecule has 0 fully saturated rings. The lowest BCUT2D eigenvalue weighted by Crippen LogP contribution is -2.30. The Kier molecular flexibility index (Phi) is 6.25. The summed E-state index contributed by atoms with van der Waals surface area (Å²) in [5.41, 5.74) is 0.275. The molecule has 1 aromatic rings. The maximum atomic E-state index is 12.0. The second-order valence-corrected chi connectivity index (χ2v) is 4.48. The summed E-state index contributed by atoms with van der Waals surface area (Å²) in [6, 6.07) is 4.27. The fourth-order valence-corrected chi connectivity index (χ4v) is 1.65. The van der Waals surface area contributed by atoms with Crippen LogP contribution in [0.25, 0.3) is 0 Å². The first kappa shape index (κ1) is 15.1. The number of benzene rings is 1. The molecular weight excluding hydrogens is 277 g/mol. The molecule has 0 atom stereocenters. The van der Waals surface area contributed by atoms with Gasteiger partial charge in [0, 0.05) is 19.5 Å². The van der Waals surface area contributed by atoms with Crippen molar-refractivity contribution in [1.82, 2.24) is 4.90 Å². The Labute approximate surface area is 116 Å². The number of phenols is 1. The van der Waals surface area contributed by atoms with Crippen LogP contribution in [0.5, 0.6) is 5.75 Å². The van der Waals surface area contributed by atoms with Crippen molar-refractivity contribution in [3.8, 4) is 5.75 Å². The van der Waals surface area contributed by atoms with E-state index in [1.807, 2.05) is 0 Å². The van der Waals surface area contributed by atoms with E-state index in [1.54, 1.807) is 7.05 Å². The number of carbonyl (C=O) groups excluding carboxylic acids is 1. The molecule has 0 aliphatic rings. The Morgan fingerprint density at radius 3 is 2.83 bits per heavy atom. The van der Waals surface area contributed by atoms with Gasteiger partial charge in [-0.15, -0.1) is 11.6 Å². The Morgan fingerprint density at radius 2 is 2.17 bits per heavy atom. The molecule has 0 spiro atoms. The number of phenolic OH excluding ortho intramolecular Hbond substituents is 1. The normalized spacial score (nSPS) is 10.4. The van der Waals surface area contributed by atoms with Crippen LogP contribution in [0.15, 0.2) is 18.2 Å². The molecule has 1 aromatic carbocycles. The number of ether oxygens (including phenoxy) is 1. The standard InChI is InChI=1S/C12H15Cl2NO3/c1-15(5-7-18-6-4-13)12(17)10-8-9(16)2-3-11(10)14/h2-3,8,16H,4-7H2,1H3. The fraction of sp³-hybridized carbons (Fsp3) is 0.417. The van der Waals surface area contributed by atoms with E-state index in [9.17, 15) is 9.90 Å². The number of hydrogen-bond acceptors (Lipinski definition) is 3. The lowest BCUT2D eigenvalue weighted by Gasteiger charge is -2.17. The third kappa shape index (κ3) is 4.37. The van der Waals surface area contributed by atoms with E-state index in [2.05, 4.69) is 0 Å². The summed E-state index contributed by atoms with van der Waals surface area (Å²) < 4.78 is 5.19. The molecule has 0 heterocycles. The number of likely N-dealkylation sites (N-methyl/N-ethyl adjacent to an activating group) is 1. The highest BCUT2D eigenvalue weighted by Gasteiger charge is 2.15. The predicted molar refractivity (Wildman–Crippen MR) is 71.6 cm³/mol. The van der Waals surface area contributed by atoms with Crippen molar-refractivity contribution in [3.05, 3.63) is 28.8 Å². The molecule has 0 bridgehead atoms. The van der Waals surface area contributed by atoms with Gasteiger partial charge < -0.3 is 14.7 Å². The van der Waals surface area contributed by atoms with Gasteiger partial charge in [0.15, 0.2) is 0 Å². The number of alkyl halides is 1. The van der Waals surface area contributed by atoms with Gasteiger partial charge in [0.05, 0.1) is 23.8 Å². The van der Waals surface area contributed by atoms with Crippen LogP contribution in [-0.2, 0) is 4.74 Å². The SMILES string of the molecule is CN(CCOCCCl)C(=O)c1cc(O)ccc1Cl. The number of rotatable bonds is 6. The van der Waals surface area contributed by atoms with Crippen molar-refractivity contribution in [2.24, 2.45) is 0 Å². The van der Waals surface area contributed by atoms with Gasteiger partial charge in [0.2, 0.25) is 0 Å². The number of amides is 1. The first-order valence-electron chi connectivity index (χ1n) is 5.44. The Bertz CT molecular complexity index is 412. The van der Waals surface area contributed by atoms with E-state index in [4.69, 9.17) is 27.9 Å². The van der Waals surface area contributed by atoms with E-state index in [0.717, 1.165) is 0 Å². The Morgan fingerprint density at radius 1 is 1.44 bits per heavy atom. The third-order valence-corrected chi connectivity index (χ3v) is 2.80. The van der Waals surface area contributed by atoms with Gasteiger partial charge in [-0.25, -0.2) is 0 Å². The van der Waals surface area contributed by atoms with Gasteiger partial charge in [-0.05, 0) is 18.2 Å². The first-order chi connectivity index (χ1) is 8.56. The average molecular weight is 292 g/mol. The number of nitrogens with zero attached hydrogens (tertiary/aromatic N) is 1. The molecule has 18 heavy (non-hydrogen) atoms. The summed E-state index contributed by atoms with van der Waals surface area (Å²) in [5.74, 6) is 0.177. The minimum absolute atomic E-state index is 0.00883. The Balaban J connectivity index is 2.60. The largest absolute Gasteiger partial charge is 0.508 e. The molecule has 0 aliphatic carbocycles. The zero-order valence-corrected chi connectivity index (χ0v) is 11.5. The van der Waals surface area contributed by atoms with E-state index in [1.165, 1.54) is 23.1 Å². The topological polar surface area (TPSA) is 49.8 Å². The van der Waals surface area contributed by atoms with Crippen molar-refractivity contribution < 1.29 is 14.6 Å².